The van der Waals surface area contributed by atoms with Gasteiger partial charge in [0.1, 0.15) is 0 Å². The van der Waals surface area contributed by atoms with Crippen LogP contribution in [-0.2, 0) is 0 Å². The van der Waals surface area contributed by atoms with Crippen molar-refractivity contribution in [3.05, 3.63) is 200 Å². The van der Waals surface area contributed by atoms with E-state index in [0.29, 0.717) is 0 Å². The van der Waals surface area contributed by atoms with Gasteiger partial charge in [-0.15, -0.1) is 0 Å². The number of nitrogens with zero attached hydrogens (tertiary/aromatic N) is 3. The van der Waals surface area contributed by atoms with Gasteiger partial charge in [0.15, 0.2) is 0 Å². The molecule has 0 N–H and O–H groups in total. The van der Waals surface area contributed by atoms with Crippen LogP contribution in [0.5, 0.6) is 0 Å². The summed E-state index contributed by atoms with van der Waals surface area (Å²) < 4.78 is 10.5. The van der Waals surface area contributed by atoms with Crippen molar-refractivity contribution >= 4 is 84.2 Å². The minimum absolute atomic E-state index is 0.748. The molecule has 266 valence electrons. The van der Waals surface area contributed by atoms with E-state index in [1.807, 2.05) is 11.3 Å². The van der Waals surface area contributed by atoms with E-state index in [1.54, 1.807) is 0 Å². The van der Waals surface area contributed by atoms with Crippen molar-refractivity contribution in [1.29, 1.82) is 0 Å². The molecule has 1 aliphatic heterocycles. The summed E-state index contributed by atoms with van der Waals surface area (Å²) in [5.74, 6) is 0.748. The molecule has 0 amide bonds. The van der Waals surface area contributed by atoms with Crippen LogP contribution in [0.25, 0.3) is 81.6 Å². The van der Waals surface area contributed by atoms with Crippen LogP contribution in [0, 0.1) is 0 Å². The summed E-state index contributed by atoms with van der Waals surface area (Å²) in [6.45, 7) is 0. The van der Waals surface area contributed by atoms with Crippen LogP contribution < -0.4 is 17.6 Å². The van der Waals surface area contributed by atoms with E-state index in [-0.39, 0.29) is 0 Å². The standard InChI is InChI=1S/C52H33GeN3S/c1-4-16-35(17-5-1)52-54-50(49-51(55-52)41-24-10-13-25-44(41)53(49,36-18-6-2-7-19-36)37-20-8-3-9-21-37)34-28-30-38(31-29-34)56-45-26-14-11-22-39(45)42-32-43-40-23-12-15-27-47(40)57-48(43)33-46(42)56/h1-33H. The van der Waals surface area contributed by atoms with Crippen LogP contribution in [0.4, 0.5) is 0 Å². The molecule has 12 rings (SSSR count). The van der Waals surface area contributed by atoms with Crippen LogP contribution in [0.15, 0.2) is 200 Å². The molecule has 1 aliphatic rings. The number of hydrogen-bond donors (Lipinski definition) is 0. The fourth-order valence-electron chi connectivity index (χ4n) is 9.46. The summed E-state index contributed by atoms with van der Waals surface area (Å²) in [5, 5.41) is 5.17. The minimum atomic E-state index is -3.67. The second-order valence-electron chi connectivity index (χ2n) is 14.9. The Kier molecular flexibility index (Phi) is 7.28. The van der Waals surface area contributed by atoms with E-state index in [0.717, 1.165) is 34.0 Å². The molecule has 0 aliphatic carbocycles. The number of hydrogen-bond acceptors (Lipinski definition) is 3. The van der Waals surface area contributed by atoms with Gasteiger partial charge in [0.05, 0.1) is 0 Å². The average molecular weight is 805 g/mol. The Hall–Kier alpha value is -6.60. The van der Waals surface area contributed by atoms with E-state index < -0.39 is 13.3 Å². The van der Waals surface area contributed by atoms with E-state index in [2.05, 4.69) is 205 Å². The van der Waals surface area contributed by atoms with Crippen molar-refractivity contribution in [1.82, 2.24) is 14.5 Å². The van der Waals surface area contributed by atoms with Crippen molar-refractivity contribution in [2.75, 3.05) is 0 Å². The third-order valence-corrected chi connectivity index (χ3v) is 23.2. The predicted molar refractivity (Wildman–Crippen MR) is 243 cm³/mol. The van der Waals surface area contributed by atoms with Gasteiger partial charge in [-0.05, 0) is 6.07 Å². The fraction of sp³-hybridized carbons (Fsp3) is 0. The molecule has 0 unspecified atom stereocenters. The van der Waals surface area contributed by atoms with Crippen molar-refractivity contribution < 1.29 is 0 Å². The third-order valence-electron chi connectivity index (χ3n) is 11.9. The molecule has 4 heterocycles. The summed E-state index contributed by atoms with van der Waals surface area (Å²) in [5.41, 5.74) is 8.94. The molecule has 0 saturated heterocycles. The molecule has 11 aromatic rings. The van der Waals surface area contributed by atoms with Gasteiger partial charge in [-0.2, -0.15) is 0 Å². The molecule has 57 heavy (non-hydrogen) atoms. The van der Waals surface area contributed by atoms with Gasteiger partial charge in [0.25, 0.3) is 0 Å². The first-order chi connectivity index (χ1) is 28.3. The summed E-state index contributed by atoms with van der Waals surface area (Å²) in [6.07, 6.45) is 0. The molecule has 0 radical (unpaired) electrons. The zero-order chi connectivity index (χ0) is 37.5. The topological polar surface area (TPSA) is 30.7 Å². The first-order valence-corrected chi connectivity index (χ1v) is 24.4. The van der Waals surface area contributed by atoms with E-state index in [9.17, 15) is 0 Å². The molecule has 0 saturated carbocycles. The molecular weight excluding hydrogens is 771 g/mol. The molecule has 0 bridgehead atoms. The van der Waals surface area contributed by atoms with E-state index in [4.69, 9.17) is 9.97 Å². The number of fused-ring (bicyclic) bond motifs is 9. The van der Waals surface area contributed by atoms with Crippen molar-refractivity contribution in [3.8, 4) is 39.6 Å². The van der Waals surface area contributed by atoms with E-state index in [1.165, 1.54) is 65.1 Å². The van der Waals surface area contributed by atoms with Crippen LogP contribution >= 0.6 is 11.3 Å². The summed E-state index contributed by atoms with van der Waals surface area (Å²) >= 11 is -1.80. The first kappa shape index (κ1) is 32.6. The van der Waals surface area contributed by atoms with Gasteiger partial charge < -0.3 is 0 Å². The van der Waals surface area contributed by atoms with Gasteiger partial charge in [-0.3, -0.25) is 0 Å². The first-order valence-electron chi connectivity index (χ1n) is 19.4. The number of benzene rings is 8. The maximum absolute atomic E-state index is 5.59. The zero-order valence-electron chi connectivity index (χ0n) is 30.8. The van der Waals surface area contributed by atoms with Gasteiger partial charge in [0.2, 0.25) is 0 Å². The van der Waals surface area contributed by atoms with Gasteiger partial charge in [0, 0.05) is 0 Å². The Morgan fingerprint density at radius 2 is 1.04 bits per heavy atom. The Balaban J connectivity index is 1.12. The van der Waals surface area contributed by atoms with Gasteiger partial charge >= 0.3 is 314 Å². The van der Waals surface area contributed by atoms with E-state index >= 15 is 0 Å². The van der Waals surface area contributed by atoms with Crippen molar-refractivity contribution in [2.45, 2.75) is 0 Å². The molecule has 0 atom stereocenters. The quantitative estimate of drug-likeness (QED) is 0.162. The Bertz CT molecular complexity index is 3300. The van der Waals surface area contributed by atoms with Crippen LogP contribution in [-0.4, -0.2) is 27.8 Å². The number of para-hydroxylation sites is 1. The monoisotopic (exact) mass is 805 g/mol. The molecule has 3 aromatic heterocycles. The molecule has 0 spiro atoms. The number of aromatic nitrogens is 3. The molecule has 5 heteroatoms. The SMILES string of the molecule is c1ccc(-c2nc(-c3ccc(-n4c5ccccc5c5cc6c(cc54)sc4ccccc46)cc3)[c]3c(n2)-c2cccc[c]2[Ge]3([c]2ccccc2)[c]2ccccc2)cc1. The van der Waals surface area contributed by atoms with Gasteiger partial charge in [-0.1, -0.05) is 18.2 Å². The maximum atomic E-state index is 5.59. The van der Waals surface area contributed by atoms with Crippen LogP contribution in [0.1, 0.15) is 0 Å². The van der Waals surface area contributed by atoms with Crippen molar-refractivity contribution in [3.63, 3.8) is 0 Å². The molecule has 0 fully saturated rings. The Labute approximate surface area is 336 Å². The van der Waals surface area contributed by atoms with Gasteiger partial charge in [-0.25, -0.2) is 0 Å². The fourth-order valence-corrected chi connectivity index (χ4v) is 21.6. The summed E-state index contributed by atoms with van der Waals surface area (Å²) in [7, 11) is 0. The molecule has 3 nitrogen and oxygen atoms in total. The van der Waals surface area contributed by atoms with Crippen LogP contribution in [0.2, 0.25) is 0 Å². The Morgan fingerprint density at radius 1 is 0.421 bits per heavy atom. The average Bonchev–Trinajstić information content (AvgIpc) is 3.92. The number of thiophene rings is 1. The van der Waals surface area contributed by atoms with Crippen molar-refractivity contribution in [2.24, 2.45) is 0 Å². The number of rotatable bonds is 5. The second kappa shape index (κ2) is 12.7. The summed E-state index contributed by atoms with van der Waals surface area (Å²) in [4.78, 5) is 11.1. The zero-order valence-corrected chi connectivity index (χ0v) is 33.7. The predicted octanol–water partition coefficient (Wildman–Crippen LogP) is 10.6. The Morgan fingerprint density at radius 3 is 1.79 bits per heavy atom. The normalized spacial score (nSPS) is 13.1. The summed E-state index contributed by atoms with van der Waals surface area (Å²) in [6, 6.07) is 73.3. The second-order valence-corrected chi connectivity index (χ2v) is 23.7. The third kappa shape index (κ3) is 4.78. The molecule has 8 aromatic carbocycles. The molecular formula is C52H33GeN3S. The van der Waals surface area contributed by atoms with Crippen LogP contribution in [0.3, 0.4) is 0 Å².